The van der Waals surface area contributed by atoms with E-state index in [0.717, 1.165) is 17.1 Å². The highest BCUT2D eigenvalue weighted by atomic mass is 15.1. The van der Waals surface area contributed by atoms with Crippen LogP contribution in [0.1, 0.15) is 36.1 Å². The topological polar surface area (TPSA) is 32.0 Å². The Balaban J connectivity index is 1.51. The van der Waals surface area contributed by atoms with E-state index in [1.807, 2.05) is 24.3 Å². The fourth-order valence-electron chi connectivity index (χ4n) is 6.12. The number of hydrogen-bond donors (Lipinski definition) is 0. The first kappa shape index (κ1) is 22.4. The highest BCUT2D eigenvalue weighted by Gasteiger charge is 2.34. The van der Waals surface area contributed by atoms with Gasteiger partial charge in [0.1, 0.15) is 0 Å². The number of aryl methyl sites for hydroxylation is 1. The summed E-state index contributed by atoms with van der Waals surface area (Å²) in [6, 6.07) is 41.0. The summed E-state index contributed by atoms with van der Waals surface area (Å²) in [4.78, 5) is 2.27. The molecule has 5 aromatic carbocycles. The average molecular weight is 490 g/mol. The third kappa shape index (κ3) is 3.14. The Labute approximate surface area is 222 Å². The van der Waals surface area contributed by atoms with E-state index >= 15 is 0 Å². The van der Waals surface area contributed by atoms with Gasteiger partial charge >= 0.3 is 0 Å². The van der Waals surface area contributed by atoms with E-state index in [2.05, 4.69) is 121 Å². The molecule has 182 valence electrons. The van der Waals surface area contributed by atoms with Gasteiger partial charge < -0.3 is 9.47 Å². The second-order valence-electron chi connectivity index (χ2n) is 10.7. The summed E-state index contributed by atoms with van der Waals surface area (Å²) in [6.07, 6.45) is 0. The van der Waals surface area contributed by atoms with Crippen LogP contribution in [0, 0.1) is 18.3 Å². The molecular weight excluding hydrogens is 462 g/mol. The van der Waals surface area contributed by atoms with Crippen molar-refractivity contribution in [1.29, 1.82) is 5.26 Å². The molecule has 3 nitrogen and oxygen atoms in total. The van der Waals surface area contributed by atoms with E-state index in [4.69, 9.17) is 0 Å². The molecule has 7 rings (SSSR count). The molecular formula is C35H27N3. The van der Waals surface area contributed by atoms with Crippen LogP contribution in [-0.2, 0) is 5.41 Å². The van der Waals surface area contributed by atoms with Crippen molar-refractivity contribution in [2.24, 2.45) is 0 Å². The summed E-state index contributed by atoms with van der Waals surface area (Å²) in [7, 11) is 0. The minimum atomic E-state index is -0.0836. The van der Waals surface area contributed by atoms with Gasteiger partial charge in [-0.05, 0) is 78.7 Å². The lowest BCUT2D eigenvalue weighted by atomic mass is 9.75. The molecule has 0 saturated heterocycles. The zero-order valence-electron chi connectivity index (χ0n) is 21.7. The summed E-state index contributed by atoms with van der Waals surface area (Å²) >= 11 is 0. The van der Waals surface area contributed by atoms with Gasteiger partial charge in [-0.25, -0.2) is 0 Å². The molecule has 1 aliphatic rings. The summed E-state index contributed by atoms with van der Waals surface area (Å²) in [5.74, 6) is 0. The maximum absolute atomic E-state index is 9.34. The van der Waals surface area contributed by atoms with Crippen molar-refractivity contribution in [3.8, 4) is 11.8 Å². The van der Waals surface area contributed by atoms with Gasteiger partial charge in [0.15, 0.2) is 0 Å². The van der Waals surface area contributed by atoms with Crippen molar-refractivity contribution < 1.29 is 0 Å². The monoisotopic (exact) mass is 489 g/mol. The Kier molecular flexibility index (Phi) is 4.77. The van der Waals surface area contributed by atoms with Crippen LogP contribution in [0.4, 0.5) is 17.1 Å². The third-order valence-corrected chi connectivity index (χ3v) is 8.07. The molecule has 0 unspecified atom stereocenters. The van der Waals surface area contributed by atoms with E-state index in [9.17, 15) is 5.26 Å². The van der Waals surface area contributed by atoms with Crippen LogP contribution in [0.25, 0.3) is 27.5 Å². The summed E-state index contributed by atoms with van der Waals surface area (Å²) < 4.78 is 2.45. The Bertz CT molecular complexity index is 1900. The largest absolute Gasteiger partial charge is 0.310 e. The lowest BCUT2D eigenvalue weighted by Gasteiger charge is -2.34. The summed E-state index contributed by atoms with van der Waals surface area (Å²) in [5, 5.41) is 11.8. The number of nitriles is 1. The zero-order chi connectivity index (χ0) is 26.0. The zero-order valence-corrected chi connectivity index (χ0v) is 21.7. The average Bonchev–Trinajstić information content (AvgIpc) is 3.28. The molecule has 1 aromatic heterocycles. The van der Waals surface area contributed by atoms with Crippen molar-refractivity contribution in [3.05, 3.63) is 131 Å². The SMILES string of the molecule is Cc1ccc(N(c2ccc(C#N)cc2)c2ccc3c(c2)c2cccc4c2n3-c2ccccc2C4(C)C)cc1. The van der Waals surface area contributed by atoms with Crippen LogP contribution in [0.3, 0.4) is 0 Å². The normalized spacial score (nSPS) is 13.3. The van der Waals surface area contributed by atoms with Crippen molar-refractivity contribution in [1.82, 2.24) is 4.57 Å². The molecule has 3 heteroatoms. The van der Waals surface area contributed by atoms with Crippen LogP contribution in [-0.4, -0.2) is 4.57 Å². The smallest absolute Gasteiger partial charge is 0.0991 e. The van der Waals surface area contributed by atoms with Crippen molar-refractivity contribution >= 4 is 38.9 Å². The Morgan fingerprint density at radius 2 is 1.34 bits per heavy atom. The molecule has 0 bridgehead atoms. The molecule has 0 saturated carbocycles. The van der Waals surface area contributed by atoms with Crippen molar-refractivity contribution in [3.63, 3.8) is 0 Å². The quantitative estimate of drug-likeness (QED) is 0.248. The van der Waals surface area contributed by atoms with Crippen LogP contribution < -0.4 is 4.90 Å². The number of anilines is 3. The summed E-state index contributed by atoms with van der Waals surface area (Å²) in [5.41, 5.74) is 11.4. The van der Waals surface area contributed by atoms with E-state index in [1.54, 1.807) is 0 Å². The minimum absolute atomic E-state index is 0.0836. The van der Waals surface area contributed by atoms with Crippen molar-refractivity contribution in [2.45, 2.75) is 26.2 Å². The first-order valence-corrected chi connectivity index (χ1v) is 13.0. The predicted octanol–water partition coefficient (Wildman–Crippen LogP) is 9.07. The Hall–Kier alpha value is -4.81. The molecule has 0 radical (unpaired) electrons. The molecule has 0 spiro atoms. The maximum atomic E-state index is 9.34. The highest BCUT2D eigenvalue weighted by Crippen LogP contribution is 2.48. The number of para-hydroxylation sites is 2. The van der Waals surface area contributed by atoms with Gasteiger partial charge in [0.05, 0.1) is 28.4 Å². The van der Waals surface area contributed by atoms with Gasteiger partial charge in [-0.3, -0.25) is 0 Å². The standard InChI is InChI=1S/C35H27N3/c1-23-11-15-25(16-12-23)37(26-17-13-24(22-36)14-18-26)27-19-20-32-29(21-27)28-7-6-9-31-34(28)38(32)33-10-5-4-8-30(33)35(31,2)3/h4-21H,1-3H3. The molecule has 0 aliphatic carbocycles. The van der Waals surface area contributed by atoms with E-state index in [1.165, 1.54) is 44.2 Å². The molecule has 0 amide bonds. The lowest BCUT2D eigenvalue weighted by Crippen LogP contribution is -2.26. The van der Waals surface area contributed by atoms with E-state index in [0.29, 0.717) is 5.56 Å². The second kappa shape index (κ2) is 8.10. The van der Waals surface area contributed by atoms with Gasteiger partial charge in [0, 0.05) is 33.2 Å². The van der Waals surface area contributed by atoms with Gasteiger partial charge in [0.2, 0.25) is 0 Å². The van der Waals surface area contributed by atoms with Gasteiger partial charge in [-0.15, -0.1) is 0 Å². The van der Waals surface area contributed by atoms with E-state index in [-0.39, 0.29) is 5.41 Å². The molecule has 1 aliphatic heterocycles. The second-order valence-corrected chi connectivity index (χ2v) is 10.7. The third-order valence-electron chi connectivity index (χ3n) is 8.07. The first-order chi connectivity index (χ1) is 18.5. The number of nitrogens with zero attached hydrogens (tertiary/aromatic N) is 3. The van der Waals surface area contributed by atoms with Crippen LogP contribution >= 0.6 is 0 Å². The van der Waals surface area contributed by atoms with Crippen LogP contribution in [0.2, 0.25) is 0 Å². The number of fused-ring (bicyclic) bond motifs is 5. The molecule has 0 atom stereocenters. The molecule has 0 N–H and O–H groups in total. The molecule has 38 heavy (non-hydrogen) atoms. The van der Waals surface area contributed by atoms with Crippen LogP contribution in [0.5, 0.6) is 0 Å². The van der Waals surface area contributed by atoms with Gasteiger partial charge in [0.25, 0.3) is 0 Å². The van der Waals surface area contributed by atoms with Crippen molar-refractivity contribution in [2.75, 3.05) is 4.90 Å². The highest BCUT2D eigenvalue weighted by molar-refractivity contribution is 6.12. The first-order valence-electron chi connectivity index (χ1n) is 13.0. The Morgan fingerprint density at radius 3 is 2.08 bits per heavy atom. The summed E-state index contributed by atoms with van der Waals surface area (Å²) in [6.45, 7) is 6.77. The van der Waals surface area contributed by atoms with E-state index < -0.39 is 0 Å². The Morgan fingerprint density at radius 1 is 0.684 bits per heavy atom. The van der Waals surface area contributed by atoms with Crippen LogP contribution in [0.15, 0.2) is 109 Å². The number of benzene rings is 5. The van der Waals surface area contributed by atoms with Gasteiger partial charge in [-0.2, -0.15) is 5.26 Å². The molecule has 2 heterocycles. The lowest BCUT2D eigenvalue weighted by molar-refractivity contribution is 0.630. The maximum Gasteiger partial charge on any atom is 0.0991 e. The number of aromatic nitrogens is 1. The fraction of sp³-hybridized carbons (Fsp3) is 0.114. The van der Waals surface area contributed by atoms with Gasteiger partial charge in [-0.1, -0.05) is 67.9 Å². The number of hydrogen-bond acceptors (Lipinski definition) is 2. The molecule has 0 fully saturated rings. The number of rotatable bonds is 3. The predicted molar refractivity (Wildman–Crippen MR) is 157 cm³/mol. The molecule has 6 aromatic rings. The minimum Gasteiger partial charge on any atom is -0.310 e. The fourth-order valence-corrected chi connectivity index (χ4v) is 6.12.